The molecule has 174 valence electrons. The number of rotatable bonds is 6. The van der Waals surface area contributed by atoms with Crippen LogP contribution in [-0.2, 0) is 10.2 Å². The van der Waals surface area contributed by atoms with Crippen molar-refractivity contribution in [1.82, 2.24) is 0 Å². The maximum atomic E-state index is 12.9. The van der Waals surface area contributed by atoms with E-state index in [4.69, 9.17) is 13.9 Å². The first-order chi connectivity index (χ1) is 16.2. The van der Waals surface area contributed by atoms with E-state index in [0.717, 1.165) is 11.3 Å². The van der Waals surface area contributed by atoms with E-state index in [9.17, 15) is 9.59 Å². The van der Waals surface area contributed by atoms with Crippen LogP contribution in [0.5, 0.6) is 17.2 Å². The molecule has 0 saturated heterocycles. The van der Waals surface area contributed by atoms with Gasteiger partial charge < -0.3 is 19.2 Å². The molecule has 0 bridgehead atoms. The molecule has 1 aromatic heterocycles. The van der Waals surface area contributed by atoms with E-state index in [0.29, 0.717) is 22.5 Å². The second-order valence-electron chi connectivity index (χ2n) is 9.12. The van der Waals surface area contributed by atoms with Crippen LogP contribution in [0.3, 0.4) is 0 Å². The summed E-state index contributed by atoms with van der Waals surface area (Å²) in [5.41, 5.74) is 2.96. The number of benzene rings is 3. The summed E-state index contributed by atoms with van der Waals surface area (Å²) in [5.74, 6) is 0.792. The fraction of sp³-hybridized carbons (Fsp3) is 0.214. The van der Waals surface area contributed by atoms with Crippen molar-refractivity contribution in [3.05, 3.63) is 94.3 Å². The van der Waals surface area contributed by atoms with E-state index in [1.165, 1.54) is 11.8 Å². The van der Waals surface area contributed by atoms with Gasteiger partial charge in [0.05, 0.1) is 5.39 Å². The summed E-state index contributed by atoms with van der Waals surface area (Å²) in [7, 11) is 0. The fourth-order valence-electron chi connectivity index (χ4n) is 3.45. The highest BCUT2D eigenvalue weighted by Crippen LogP contribution is 2.27. The molecule has 1 heterocycles. The lowest BCUT2D eigenvalue weighted by Crippen LogP contribution is -2.20. The zero-order valence-electron chi connectivity index (χ0n) is 19.7. The number of para-hydroxylation sites is 1. The second kappa shape index (κ2) is 9.43. The quantitative estimate of drug-likeness (QED) is 0.372. The predicted octanol–water partition coefficient (Wildman–Crippen LogP) is 6.21. The van der Waals surface area contributed by atoms with Crippen molar-refractivity contribution in [1.29, 1.82) is 0 Å². The largest absolute Gasteiger partial charge is 0.484 e. The molecule has 6 heteroatoms. The Hall–Kier alpha value is -4.06. The standard InChI is InChI=1S/C28H27NO5/c1-18-7-5-6-8-23(18)29-26(30)17-32-21-13-14-22-24(15-21)33-16-25(27(22)31)34-20-11-9-19(10-12-20)28(2,3)4/h5-16H,17H2,1-4H3,(H,29,30). The van der Waals surface area contributed by atoms with Gasteiger partial charge in [-0.05, 0) is 53.8 Å². The molecule has 0 radical (unpaired) electrons. The Morgan fingerprint density at radius 2 is 1.68 bits per heavy atom. The Morgan fingerprint density at radius 1 is 0.971 bits per heavy atom. The average molecular weight is 458 g/mol. The molecule has 0 aliphatic carbocycles. The Bertz CT molecular complexity index is 1380. The van der Waals surface area contributed by atoms with Gasteiger partial charge in [-0.1, -0.05) is 51.1 Å². The first-order valence-corrected chi connectivity index (χ1v) is 11.0. The van der Waals surface area contributed by atoms with Gasteiger partial charge in [-0.3, -0.25) is 9.59 Å². The molecule has 0 atom stereocenters. The monoisotopic (exact) mass is 457 g/mol. The molecule has 0 fully saturated rings. The van der Waals surface area contributed by atoms with E-state index in [-0.39, 0.29) is 29.1 Å². The van der Waals surface area contributed by atoms with Crippen LogP contribution in [0.4, 0.5) is 5.69 Å². The van der Waals surface area contributed by atoms with Crippen LogP contribution >= 0.6 is 0 Å². The van der Waals surface area contributed by atoms with Crippen molar-refractivity contribution in [3.63, 3.8) is 0 Å². The SMILES string of the molecule is Cc1ccccc1NC(=O)COc1ccc2c(=O)c(Oc3ccc(C(C)(C)C)cc3)coc2c1. The van der Waals surface area contributed by atoms with Gasteiger partial charge in [0.15, 0.2) is 6.61 Å². The van der Waals surface area contributed by atoms with Crippen LogP contribution in [0.2, 0.25) is 0 Å². The molecule has 6 nitrogen and oxygen atoms in total. The third-order valence-electron chi connectivity index (χ3n) is 5.45. The number of aryl methyl sites for hydroxylation is 1. The maximum Gasteiger partial charge on any atom is 0.262 e. The van der Waals surface area contributed by atoms with Crippen molar-refractivity contribution < 1.29 is 18.7 Å². The van der Waals surface area contributed by atoms with Crippen molar-refractivity contribution in [3.8, 4) is 17.2 Å². The van der Waals surface area contributed by atoms with Gasteiger partial charge in [-0.25, -0.2) is 0 Å². The summed E-state index contributed by atoms with van der Waals surface area (Å²) in [6.07, 6.45) is 1.29. The van der Waals surface area contributed by atoms with Gasteiger partial charge in [0.2, 0.25) is 11.2 Å². The number of hydrogen-bond donors (Lipinski definition) is 1. The molecule has 0 aliphatic heterocycles. The number of nitrogens with one attached hydrogen (secondary N) is 1. The molecule has 0 saturated carbocycles. The first kappa shape index (κ1) is 23.1. The highest BCUT2D eigenvalue weighted by molar-refractivity contribution is 5.92. The highest BCUT2D eigenvalue weighted by Gasteiger charge is 2.15. The summed E-state index contributed by atoms with van der Waals surface area (Å²) < 4.78 is 17.0. The zero-order chi connectivity index (χ0) is 24.3. The molecular weight excluding hydrogens is 430 g/mol. The van der Waals surface area contributed by atoms with E-state index >= 15 is 0 Å². The summed E-state index contributed by atoms with van der Waals surface area (Å²) in [6.45, 7) is 8.15. The summed E-state index contributed by atoms with van der Waals surface area (Å²) >= 11 is 0. The predicted molar refractivity (Wildman–Crippen MR) is 133 cm³/mol. The minimum Gasteiger partial charge on any atom is -0.484 e. The topological polar surface area (TPSA) is 77.8 Å². The van der Waals surface area contributed by atoms with Gasteiger partial charge in [0.25, 0.3) is 5.91 Å². The molecule has 1 amide bonds. The van der Waals surface area contributed by atoms with Crippen molar-refractivity contribution in [2.75, 3.05) is 11.9 Å². The molecule has 4 aromatic rings. The zero-order valence-corrected chi connectivity index (χ0v) is 19.7. The molecule has 4 rings (SSSR count). The van der Waals surface area contributed by atoms with Gasteiger partial charge in [0, 0.05) is 11.8 Å². The molecule has 3 aromatic carbocycles. The number of ether oxygens (including phenoxy) is 2. The third-order valence-corrected chi connectivity index (χ3v) is 5.45. The summed E-state index contributed by atoms with van der Waals surface area (Å²) in [6, 6.07) is 20.0. The van der Waals surface area contributed by atoms with Gasteiger partial charge in [-0.2, -0.15) is 0 Å². The lowest BCUT2D eigenvalue weighted by Gasteiger charge is -2.19. The molecule has 0 spiro atoms. The van der Waals surface area contributed by atoms with Gasteiger partial charge in [-0.15, -0.1) is 0 Å². The summed E-state index contributed by atoms with van der Waals surface area (Å²) in [5, 5.41) is 3.18. The number of carbonyl (C=O) groups excluding carboxylic acids is 1. The first-order valence-electron chi connectivity index (χ1n) is 11.0. The average Bonchev–Trinajstić information content (AvgIpc) is 2.81. The van der Waals surface area contributed by atoms with E-state index < -0.39 is 0 Å². The van der Waals surface area contributed by atoms with Crippen molar-refractivity contribution >= 4 is 22.6 Å². The molecular formula is C28H27NO5. The maximum absolute atomic E-state index is 12.9. The molecule has 0 aliphatic rings. The Morgan fingerprint density at radius 3 is 2.38 bits per heavy atom. The van der Waals surface area contributed by atoms with Crippen LogP contribution in [0.15, 0.2) is 82.2 Å². The van der Waals surface area contributed by atoms with Gasteiger partial charge >= 0.3 is 0 Å². The number of hydrogen-bond acceptors (Lipinski definition) is 5. The smallest absolute Gasteiger partial charge is 0.262 e. The molecule has 1 N–H and O–H groups in total. The summed E-state index contributed by atoms with van der Waals surface area (Å²) in [4.78, 5) is 25.1. The van der Waals surface area contributed by atoms with E-state index in [1.54, 1.807) is 18.2 Å². The van der Waals surface area contributed by atoms with Crippen LogP contribution in [0.1, 0.15) is 31.9 Å². The van der Waals surface area contributed by atoms with Crippen LogP contribution in [-0.4, -0.2) is 12.5 Å². The number of amides is 1. The fourth-order valence-corrected chi connectivity index (χ4v) is 3.45. The molecule has 0 unspecified atom stereocenters. The Labute approximate surface area is 198 Å². The molecule has 34 heavy (non-hydrogen) atoms. The Kier molecular flexibility index (Phi) is 6.41. The van der Waals surface area contributed by atoms with Crippen molar-refractivity contribution in [2.45, 2.75) is 33.1 Å². The second-order valence-corrected chi connectivity index (χ2v) is 9.12. The highest BCUT2D eigenvalue weighted by atomic mass is 16.5. The number of anilines is 1. The van der Waals surface area contributed by atoms with Crippen molar-refractivity contribution in [2.24, 2.45) is 0 Å². The van der Waals surface area contributed by atoms with E-state index in [1.807, 2.05) is 55.5 Å². The lowest BCUT2D eigenvalue weighted by molar-refractivity contribution is -0.118. The normalized spacial score (nSPS) is 11.3. The number of fused-ring (bicyclic) bond motifs is 1. The van der Waals surface area contributed by atoms with Crippen LogP contribution < -0.4 is 20.2 Å². The third kappa shape index (κ3) is 5.29. The van der Waals surface area contributed by atoms with E-state index in [2.05, 4.69) is 26.1 Å². The lowest BCUT2D eigenvalue weighted by atomic mass is 9.87. The Balaban J connectivity index is 1.44. The number of carbonyl (C=O) groups is 1. The van der Waals surface area contributed by atoms with Gasteiger partial charge in [0.1, 0.15) is 23.3 Å². The van der Waals surface area contributed by atoms with Crippen LogP contribution in [0, 0.1) is 6.92 Å². The van der Waals surface area contributed by atoms with Crippen LogP contribution in [0.25, 0.3) is 11.0 Å². The minimum absolute atomic E-state index is 0.0292. The minimum atomic E-state index is -0.287.